The lowest BCUT2D eigenvalue weighted by Crippen LogP contribution is -2.37. The molecule has 0 saturated carbocycles. The number of nitrogens with two attached hydrogens (primary N) is 2. The summed E-state index contributed by atoms with van der Waals surface area (Å²) in [6.45, 7) is 2.96. The van der Waals surface area contributed by atoms with Crippen molar-refractivity contribution in [1.29, 1.82) is 0 Å². The molecule has 3 heterocycles. The van der Waals surface area contributed by atoms with E-state index in [0.717, 1.165) is 6.07 Å². The van der Waals surface area contributed by atoms with Crippen molar-refractivity contribution in [3.8, 4) is 11.4 Å². The van der Waals surface area contributed by atoms with Gasteiger partial charge in [-0.15, -0.1) is 0 Å². The molecule has 2 aliphatic heterocycles. The Labute approximate surface area is 366 Å². The Balaban J connectivity index is 0.000000214. The summed E-state index contributed by atoms with van der Waals surface area (Å²) in [5, 5.41) is 26.6. The maximum Gasteiger partial charge on any atom is 0.418 e. The number of nitrogen functional groups attached to an aromatic ring is 2. The summed E-state index contributed by atoms with van der Waals surface area (Å²) in [6.07, 6.45) is -9.12. The van der Waals surface area contributed by atoms with Crippen LogP contribution in [0.5, 0.6) is 0 Å². The van der Waals surface area contributed by atoms with Crippen molar-refractivity contribution < 1.29 is 60.1 Å². The molecule has 0 spiro atoms. The number of non-ortho nitro benzene ring substituents is 2. The summed E-state index contributed by atoms with van der Waals surface area (Å²) in [4.78, 5) is 41.1. The molecule has 2 aliphatic rings. The van der Waals surface area contributed by atoms with E-state index in [2.05, 4.69) is 43.7 Å². The van der Waals surface area contributed by atoms with Gasteiger partial charge in [-0.1, -0.05) is 0 Å². The molecule has 27 heteroatoms. The van der Waals surface area contributed by atoms with E-state index in [1.807, 2.05) is 0 Å². The highest BCUT2D eigenvalue weighted by atomic mass is 36.0. The molecule has 0 amide bonds. The first-order valence-electron chi connectivity index (χ1n) is 17.8. The molecule has 0 aliphatic carbocycles. The number of carboxylic acid groups (broad SMARTS) is 1. The van der Waals surface area contributed by atoms with Crippen LogP contribution in [0.4, 0.5) is 60.5 Å². The van der Waals surface area contributed by atoms with Crippen molar-refractivity contribution in [3.05, 3.63) is 110 Å². The quantitative estimate of drug-likeness (QED) is 0.0407. The number of hydrogen-bond donors (Lipinski definition) is 4. The number of nitro groups is 2. The number of ether oxygens (including phenoxy) is 2. The number of fused-ring (bicyclic) bond motifs is 1. The maximum atomic E-state index is 13.7. The minimum Gasteiger partial charge on any atom is -0.478 e. The number of aromatic nitrogens is 2. The summed E-state index contributed by atoms with van der Waals surface area (Å²) in [7, 11) is 0. The number of benzene rings is 4. The van der Waals surface area contributed by atoms with Gasteiger partial charge in [0.1, 0.15) is 5.82 Å². The molecule has 5 aromatic rings. The monoisotopic (exact) mass is 972 g/mol. The fourth-order valence-electron chi connectivity index (χ4n) is 5.89. The Bertz CT molecular complexity index is 2470. The molecule has 6 N–H and O–H groups in total. The van der Waals surface area contributed by atoms with E-state index in [4.69, 9.17) is 26.0 Å². The fraction of sp³-hybridized carbons (Fsp3) is 0.278. The number of carboxylic acids is 1. The number of H-pyrrole nitrogens is 1. The third-order valence-electron chi connectivity index (χ3n) is 8.79. The predicted octanol–water partition coefficient (Wildman–Crippen LogP) is 9.80. The molecule has 0 atom stereocenters. The largest absolute Gasteiger partial charge is 0.478 e. The number of hydrogen-bond acceptors (Lipinski definition) is 13. The number of nitrogens with zero attached hydrogens (tertiary/aromatic N) is 5. The highest BCUT2D eigenvalue weighted by Crippen LogP contribution is 2.61. The van der Waals surface area contributed by atoms with E-state index in [1.54, 1.807) is 15.9 Å². The van der Waals surface area contributed by atoms with Gasteiger partial charge in [0, 0.05) is 67.4 Å². The van der Waals surface area contributed by atoms with E-state index >= 15 is 0 Å². The number of carbonyl (C=O) groups is 1. The van der Waals surface area contributed by atoms with Crippen LogP contribution in [0.3, 0.4) is 0 Å². The van der Waals surface area contributed by atoms with Crippen LogP contribution in [0, 0.1) is 20.2 Å². The Kier molecular flexibility index (Phi) is 16.8. The van der Waals surface area contributed by atoms with Crippen molar-refractivity contribution in [1.82, 2.24) is 9.97 Å². The van der Waals surface area contributed by atoms with Gasteiger partial charge in [-0.3, -0.25) is 24.8 Å². The molecule has 2 fully saturated rings. The maximum absolute atomic E-state index is 13.7. The summed E-state index contributed by atoms with van der Waals surface area (Å²) >= 11 is 13.8. The van der Waals surface area contributed by atoms with Crippen molar-refractivity contribution in [2.75, 3.05) is 73.9 Å². The van der Waals surface area contributed by atoms with Crippen LogP contribution >= 0.6 is 38.9 Å². The summed E-state index contributed by atoms with van der Waals surface area (Å²) in [5.41, 5.74) is 10.2. The topological polar surface area (TPSA) is 246 Å². The van der Waals surface area contributed by atoms with Crippen LogP contribution in [0.2, 0.25) is 0 Å². The van der Waals surface area contributed by atoms with Crippen molar-refractivity contribution in [3.63, 3.8) is 0 Å². The second-order valence-electron chi connectivity index (χ2n) is 13.0. The number of rotatable bonds is 6. The van der Waals surface area contributed by atoms with E-state index < -0.39 is 44.5 Å². The van der Waals surface area contributed by atoms with E-state index in [9.17, 15) is 55.9 Å². The van der Waals surface area contributed by atoms with Gasteiger partial charge in [-0.05, 0) is 82.3 Å². The van der Waals surface area contributed by atoms with Gasteiger partial charge < -0.3 is 40.8 Å². The zero-order valence-electron chi connectivity index (χ0n) is 32.0. The van der Waals surface area contributed by atoms with E-state index in [0.29, 0.717) is 75.4 Å². The van der Waals surface area contributed by atoms with Gasteiger partial charge in [0.05, 0.1) is 75.4 Å². The third kappa shape index (κ3) is 14.8. The molecule has 0 bridgehead atoms. The molecular weight excluding hydrogens is 940 g/mol. The van der Waals surface area contributed by atoms with Gasteiger partial charge in [-0.25, -0.2) is 9.78 Å². The second-order valence-corrected chi connectivity index (χ2v) is 19.6. The van der Waals surface area contributed by atoms with Crippen LogP contribution in [0.25, 0.3) is 22.4 Å². The summed E-state index contributed by atoms with van der Waals surface area (Å²) in [6, 6.07) is 15.1. The van der Waals surface area contributed by atoms with Crippen molar-refractivity contribution in [2.24, 2.45) is 0 Å². The fourth-order valence-corrected chi connectivity index (χ4v) is 5.89. The minimum absolute atomic E-state index is 0.000741. The van der Waals surface area contributed by atoms with E-state index in [1.165, 1.54) is 54.6 Å². The van der Waals surface area contributed by atoms with Gasteiger partial charge in [0.25, 0.3) is 11.4 Å². The lowest BCUT2D eigenvalue weighted by molar-refractivity contribution is -0.384. The smallest absolute Gasteiger partial charge is 0.418 e. The normalized spacial score (nSPS) is 14.3. The van der Waals surface area contributed by atoms with Gasteiger partial charge in [0.2, 0.25) is 0 Å². The number of alkyl halides is 6. The average molecular weight is 974 g/mol. The Morgan fingerprint density at radius 1 is 0.730 bits per heavy atom. The second kappa shape index (κ2) is 21.2. The molecule has 1 aromatic heterocycles. The number of aromatic amines is 1. The Hall–Kier alpha value is -5.58. The first-order valence-corrected chi connectivity index (χ1v) is 22.2. The van der Waals surface area contributed by atoms with Crippen LogP contribution in [0.1, 0.15) is 21.5 Å². The molecule has 340 valence electrons. The predicted molar refractivity (Wildman–Crippen MR) is 225 cm³/mol. The Morgan fingerprint density at radius 3 is 1.65 bits per heavy atom. The van der Waals surface area contributed by atoms with Crippen molar-refractivity contribution >= 4 is 90.0 Å². The van der Waals surface area contributed by atoms with Crippen LogP contribution in [-0.2, 0) is 26.4 Å². The molecule has 0 radical (unpaired) electrons. The number of anilines is 4. The first kappa shape index (κ1) is 50.1. The molecule has 7 rings (SSSR count). The standard InChI is InChI=1S/C18H15F3N4O3.C12H12F3NO3.C6H7N3O2.Cl3OP/c19-18(20,21)13-9-11(1-4-16(13)24-5-7-28-8-6-24)17-22-14-3-2-12(25(26)27)10-15(14)23-17;13-12(14,15)9-7-8(11(17)18)1-2-10(9)16-3-5-19-6-4-16;7-5-2-1-4(9(10)11)3-6(5)8;1-5(2,3)4/h1-4,9-10H,5-8H2,(H,22,23);1-2,7H,3-6H2,(H,17,18);1-3H,7-8H2;. The number of morpholine rings is 2. The van der Waals surface area contributed by atoms with E-state index in [-0.39, 0.29) is 45.4 Å². The van der Waals surface area contributed by atoms with Gasteiger partial charge in [0.15, 0.2) is 0 Å². The number of halogens is 9. The van der Waals surface area contributed by atoms with Crippen LogP contribution in [0.15, 0.2) is 72.8 Å². The number of imidazole rings is 1. The summed E-state index contributed by atoms with van der Waals surface area (Å²) in [5.74, 6) is -1.16. The summed E-state index contributed by atoms with van der Waals surface area (Å²) < 4.78 is 99.9. The molecular formula is C36H34Cl3F6N8O9P. The highest BCUT2D eigenvalue weighted by molar-refractivity contribution is 8.24. The lowest BCUT2D eigenvalue weighted by Gasteiger charge is -2.31. The first-order chi connectivity index (χ1) is 29.3. The third-order valence-corrected chi connectivity index (χ3v) is 8.79. The SMILES string of the molecule is Nc1ccc([N+](=O)[O-])cc1N.O=C(O)c1ccc(N2CCOCC2)c(C(F)(F)F)c1.O=P(Cl)(Cl)Cl.O=[N+]([O-])c1ccc2nc(-c3ccc(N4CCOCC4)c(C(F)(F)F)c3)[nH]c2c1. The minimum atomic E-state index is -4.58. The molecule has 63 heavy (non-hydrogen) atoms. The average Bonchev–Trinajstić information content (AvgIpc) is 3.65. The number of nitrogens with one attached hydrogen (secondary N) is 1. The molecule has 4 aromatic carbocycles. The molecule has 17 nitrogen and oxygen atoms in total. The lowest BCUT2D eigenvalue weighted by atomic mass is 10.1. The van der Waals surface area contributed by atoms with Crippen molar-refractivity contribution in [2.45, 2.75) is 12.4 Å². The number of nitro benzene ring substituents is 2. The van der Waals surface area contributed by atoms with Gasteiger partial charge >= 0.3 is 23.5 Å². The molecule has 0 unspecified atom stereocenters. The van der Waals surface area contributed by atoms with Crippen LogP contribution < -0.4 is 21.3 Å². The van der Waals surface area contributed by atoms with Crippen LogP contribution in [-0.4, -0.2) is 83.5 Å². The zero-order chi connectivity index (χ0) is 46.9. The zero-order valence-corrected chi connectivity index (χ0v) is 35.2. The van der Waals surface area contributed by atoms with Gasteiger partial charge in [-0.2, -0.15) is 26.3 Å². The highest BCUT2D eigenvalue weighted by Gasteiger charge is 2.37. The molecule has 2 saturated heterocycles. The number of aromatic carboxylic acids is 1. The Morgan fingerprint density at radius 2 is 1.19 bits per heavy atom.